The Morgan fingerprint density at radius 2 is 2.40 bits per heavy atom. The average molecular weight is 133 g/mol. The Balaban J connectivity index is 2.88. The molecule has 0 N–H and O–H groups in total. The second-order valence-electron chi connectivity index (χ2n) is 2.25. The highest BCUT2D eigenvalue weighted by molar-refractivity contribution is 5.73. The van der Waals surface area contributed by atoms with Crippen LogP contribution >= 0.6 is 0 Å². The maximum atomic E-state index is 5.26. The molecule has 0 aliphatic rings. The van der Waals surface area contributed by atoms with E-state index in [2.05, 4.69) is 4.98 Å². The number of hydrogen-bond donors (Lipinski definition) is 0. The zero-order valence-electron chi connectivity index (χ0n) is 5.66. The first kappa shape index (κ1) is 5.47. The lowest BCUT2D eigenvalue weighted by atomic mass is 10.3. The van der Waals surface area contributed by atoms with E-state index >= 15 is 0 Å². The summed E-state index contributed by atoms with van der Waals surface area (Å²) in [7, 11) is 0. The van der Waals surface area contributed by atoms with Crippen molar-refractivity contribution >= 4 is 11.1 Å². The molecule has 2 aromatic rings. The molecule has 2 nitrogen and oxygen atoms in total. The van der Waals surface area contributed by atoms with E-state index in [4.69, 9.17) is 4.42 Å². The molecule has 2 heterocycles. The molecule has 2 heteroatoms. The molecule has 0 aliphatic heterocycles. The van der Waals surface area contributed by atoms with Gasteiger partial charge < -0.3 is 4.42 Å². The molecule has 0 atom stereocenters. The van der Waals surface area contributed by atoms with Crippen LogP contribution in [0.2, 0.25) is 0 Å². The van der Waals surface area contributed by atoms with Gasteiger partial charge in [0, 0.05) is 11.6 Å². The number of hydrogen-bond acceptors (Lipinski definition) is 2. The summed E-state index contributed by atoms with van der Waals surface area (Å²) in [5, 5.41) is 1.07. The van der Waals surface area contributed by atoms with Crippen molar-refractivity contribution in [3.05, 3.63) is 30.2 Å². The van der Waals surface area contributed by atoms with Gasteiger partial charge in [0.2, 0.25) is 5.71 Å². The van der Waals surface area contributed by atoms with Gasteiger partial charge in [0.15, 0.2) is 0 Å². The summed E-state index contributed by atoms with van der Waals surface area (Å²) in [6, 6.07) is 5.86. The summed E-state index contributed by atoms with van der Waals surface area (Å²) in [5.41, 5.74) is 0.722. The quantitative estimate of drug-likeness (QED) is 0.550. The fourth-order valence-corrected chi connectivity index (χ4v) is 0.999. The third-order valence-electron chi connectivity index (χ3n) is 1.42. The summed E-state index contributed by atoms with van der Waals surface area (Å²) in [4.78, 5) is 4.04. The van der Waals surface area contributed by atoms with E-state index in [0.717, 1.165) is 16.9 Å². The van der Waals surface area contributed by atoms with Gasteiger partial charge in [-0.2, -0.15) is 0 Å². The number of pyridine rings is 1. The van der Waals surface area contributed by atoms with Crippen molar-refractivity contribution in [2.24, 2.45) is 0 Å². The van der Waals surface area contributed by atoms with Gasteiger partial charge >= 0.3 is 0 Å². The van der Waals surface area contributed by atoms with Crippen LogP contribution in [0.1, 0.15) is 5.76 Å². The molecule has 0 spiro atoms. The van der Waals surface area contributed by atoms with Crippen LogP contribution in [0, 0.1) is 6.92 Å². The summed E-state index contributed by atoms with van der Waals surface area (Å²) >= 11 is 0. The molecule has 0 bridgehead atoms. The zero-order valence-corrected chi connectivity index (χ0v) is 5.66. The minimum absolute atomic E-state index is 0.722. The number of rotatable bonds is 0. The first-order chi connectivity index (χ1) is 4.86. The van der Waals surface area contributed by atoms with Crippen molar-refractivity contribution < 1.29 is 4.42 Å². The Bertz CT molecular complexity index is 318. The Kier molecular flexibility index (Phi) is 1.01. The van der Waals surface area contributed by atoms with Crippen LogP contribution in [0.15, 0.2) is 28.8 Å². The maximum Gasteiger partial charge on any atom is 0.226 e. The van der Waals surface area contributed by atoms with Crippen LogP contribution in [0.4, 0.5) is 0 Å². The van der Waals surface area contributed by atoms with Crippen molar-refractivity contribution in [2.45, 2.75) is 6.92 Å². The van der Waals surface area contributed by atoms with Gasteiger partial charge in [-0.05, 0) is 25.1 Å². The molecule has 0 saturated carbocycles. The Hall–Kier alpha value is -1.31. The molecule has 0 aromatic carbocycles. The molecule has 0 aliphatic carbocycles. The molecular formula is C8H7NO. The normalized spacial score (nSPS) is 10.5. The number of aromatic nitrogens is 1. The standard InChI is InChI=1S/C8H7NO/c1-6-5-7-3-2-4-9-8(7)10-6/h2-5H,1H3. The second-order valence-corrected chi connectivity index (χ2v) is 2.25. The molecule has 2 rings (SSSR count). The monoisotopic (exact) mass is 133 g/mol. The molecule has 0 fully saturated rings. The van der Waals surface area contributed by atoms with Gasteiger partial charge in [-0.15, -0.1) is 0 Å². The summed E-state index contributed by atoms with van der Waals surface area (Å²) in [6.07, 6.45) is 1.73. The molecule has 0 saturated heterocycles. The third kappa shape index (κ3) is 0.692. The molecule has 2 aromatic heterocycles. The maximum absolute atomic E-state index is 5.26. The van der Waals surface area contributed by atoms with Gasteiger partial charge in [0.25, 0.3) is 0 Å². The molecule has 10 heavy (non-hydrogen) atoms. The van der Waals surface area contributed by atoms with Crippen molar-refractivity contribution in [3.63, 3.8) is 0 Å². The number of nitrogens with zero attached hydrogens (tertiary/aromatic N) is 1. The zero-order chi connectivity index (χ0) is 6.97. The predicted octanol–water partition coefficient (Wildman–Crippen LogP) is 2.14. The lowest BCUT2D eigenvalue weighted by Crippen LogP contribution is -1.66. The van der Waals surface area contributed by atoms with Crippen LogP contribution in [0.25, 0.3) is 11.1 Å². The Morgan fingerprint density at radius 3 is 3.20 bits per heavy atom. The van der Waals surface area contributed by atoms with Crippen LogP contribution in [-0.2, 0) is 0 Å². The minimum Gasteiger partial charge on any atom is -0.443 e. The van der Waals surface area contributed by atoms with E-state index in [1.54, 1.807) is 6.20 Å². The van der Waals surface area contributed by atoms with E-state index in [1.807, 2.05) is 25.1 Å². The van der Waals surface area contributed by atoms with Gasteiger partial charge in [-0.3, -0.25) is 0 Å². The van der Waals surface area contributed by atoms with Gasteiger partial charge in [-0.1, -0.05) is 0 Å². The van der Waals surface area contributed by atoms with Gasteiger partial charge in [0.1, 0.15) is 5.76 Å². The van der Waals surface area contributed by atoms with Crippen molar-refractivity contribution in [1.29, 1.82) is 0 Å². The lowest BCUT2D eigenvalue weighted by molar-refractivity contribution is 0.567. The molecule has 0 unspecified atom stereocenters. The second kappa shape index (κ2) is 1.84. The van der Waals surface area contributed by atoms with Crippen LogP contribution in [0.3, 0.4) is 0 Å². The largest absolute Gasteiger partial charge is 0.443 e. The van der Waals surface area contributed by atoms with E-state index in [-0.39, 0.29) is 0 Å². The van der Waals surface area contributed by atoms with Gasteiger partial charge in [-0.25, -0.2) is 4.98 Å². The number of aryl methyl sites for hydroxylation is 1. The van der Waals surface area contributed by atoms with Gasteiger partial charge in [0.05, 0.1) is 0 Å². The van der Waals surface area contributed by atoms with E-state index in [0.29, 0.717) is 0 Å². The highest BCUT2D eigenvalue weighted by atomic mass is 16.3. The summed E-state index contributed by atoms with van der Waals surface area (Å²) in [6.45, 7) is 1.92. The smallest absolute Gasteiger partial charge is 0.226 e. The fraction of sp³-hybridized carbons (Fsp3) is 0.125. The summed E-state index contributed by atoms with van der Waals surface area (Å²) in [5.74, 6) is 0.911. The van der Waals surface area contributed by atoms with E-state index < -0.39 is 0 Å². The first-order valence-electron chi connectivity index (χ1n) is 3.17. The van der Waals surface area contributed by atoms with Crippen molar-refractivity contribution in [3.8, 4) is 0 Å². The van der Waals surface area contributed by atoms with E-state index in [1.165, 1.54) is 0 Å². The highest BCUT2D eigenvalue weighted by Crippen LogP contribution is 2.14. The topological polar surface area (TPSA) is 26.0 Å². The third-order valence-corrected chi connectivity index (χ3v) is 1.42. The van der Waals surface area contributed by atoms with Crippen molar-refractivity contribution in [2.75, 3.05) is 0 Å². The van der Waals surface area contributed by atoms with Crippen molar-refractivity contribution in [1.82, 2.24) is 4.98 Å². The SMILES string of the molecule is Cc1cc2cccnc2o1. The number of fused-ring (bicyclic) bond motifs is 1. The molecule has 0 radical (unpaired) electrons. The van der Waals surface area contributed by atoms with Crippen LogP contribution in [0.5, 0.6) is 0 Å². The summed E-state index contributed by atoms with van der Waals surface area (Å²) < 4.78 is 5.26. The van der Waals surface area contributed by atoms with E-state index in [9.17, 15) is 0 Å². The molecule has 0 amide bonds. The average Bonchev–Trinajstić information content (AvgIpc) is 2.27. The fourth-order valence-electron chi connectivity index (χ4n) is 0.999. The Labute approximate surface area is 58.5 Å². The highest BCUT2D eigenvalue weighted by Gasteiger charge is 1.96. The van der Waals surface area contributed by atoms with Crippen LogP contribution < -0.4 is 0 Å². The van der Waals surface area contributed by atoms with Crippen LogP contribution in [-0.4, -0.2) is 4.98 Å². The molecule has 50 valence electrons. The minimum atomic E-state index is 0.722. The predicted molar refractivity (Wildman–Crippen MR) is 38.7 cm³/mol. The lowest BCUT2D eigenvalue weighted by Gasteiger charge is -1.81. The Morgan fingerprint density at radius 1 is 1.50 bits per heavy atom. The first-order valence-corrected chi connectivity index (χ1v) is 3.17. The number of furan rings is 1. The molecular weight excluding hydrogens is 126 g/mol.